The molecule has 28 heavy (non-hydrogen) atoms. The lowest BCUT2D eigenvalue weighted by Crippen LogP contribution is -2.30. The Kier molecular flexibility index (Phi) is 5.43. The molecule has 3 aromatic rings. The smallest absolute Gasteiger partial charge is 0.262 e. The number of nitrogens with one attached hydrogen (secondary N) is 1. The number of hydrogen-bond donors (Lipinski definition) is 1. The standard InChI is InChI=1S/C21H20N4O2S/c26-18(24-23-12-6-9-15-7-2-1-3-8-15)13-25-14-22-20-19(21(25)27)16-10-4-5-11-17(16)28-20/h1-3,6-9,12,14H,4-5,10-11,13H2,(H,24,26)/b9-6+,23-12-. The van der Waals surface area contributed by atoms with Crippen LogP contribution in [0, 0.1) is 0 Å². The van der Waals surface area contributed by atoms with Crippen molar-refractivity contribution >= 4 is 39.8 Å². The number of rotatable bonds is 5. The molecule has 142 valence electrons. The molecule has 1 N–H and O–H groups in total. The van der Waals surface area contributed by atoms with Crippen LogP contribution in [0.25, 0.3) is 16.3 Å². The van der Waals surface area contributed by atoms with Crippen molar-refractivity contribution in [3.63, 3.8) is 0 Å². The molecule has 0 atom stereocenters. The summed E-state index contributed by atoms with van der Waals surface area (Å²) in [5.41, 5.74) is 4.47. The lowest BCUT2D eigenvalue weighted by Gasteiger charge is -2.10. The Morgan fingerprint density at radius 3 is 2.93 bits per heavy atom. The van der Waals surface area contributed by atoms with Crippen molar-refractivity contribution in [1.29, 1.82) is 0 Å². The first-order valence-corrected chi connectivity index (χ1v) is 10.1. The van der Waals surface area contributed by atoms with Crippen molar-refractivity contribution in [3.05, 3.63) is 69.1 Å². The molecule has 2 heterocycles. The van der Waals surface area contributed by atoms with E-state index in [9.17, 15) is 9.59 Å². The predicted octanol–water partition coefficient (Wildman–Crippen LogP) is 3.15. The summed E-state index contributed by atoms with van der Waals surface area (Å²) in [6, 6.07) is 9.80. The second-order valence-corrected chi connectivity index (χ2v) is 7.74. The summed E-state index contributed by atoms with van der Waals surface area (Å²) in [5.74, 6) is -0.364. The van der Waals surface area contributed by atoms with E-state index in [-0.39, 0.29) is 18.0 Å². The molecule has 1 aromatic carbocycles. The van der Waals surface area contributed by atoms with Crippen LogP contribution in [0.5, 0.6) is 0 Å². The topological polar surface area (TPSA) is 76.3 Å². The summed E-state index contributed by atoms with van der Waals surface area (Å²) in [6.07, 6.45) is 10.8. The Bertz CT molecular complexity index is 1110. The number of nitrogens with zero attached hydrogens (tertiary/aromatic N) is 3. The van der Waals surface area contributed by atoms with Gasteiger partial charge in [-0.25, -0.2) is 10.4 Å². The summed E-state index contributed by atoms with van der Waals surface area (Å²) in [6.45, 7) is -0.105. The van der Waals surface area contributed by atoms with Crippen LogP contribution in [0.2, 0.25) is 0 Å². The molecule has 1 aliphatic rings. The third kappa shape index (κ3) is 3.94. The molecule has 2 aromatic heterocycles. The van der Waals surface area contributed by atoms with Crippen molar-refractivity contribution in [2.75, 3.05) is 0 Å². The Labute approximate surface area is 166 Å². The number of allylic oxidation sites excluding steroid dienone is 1. The minimum atomic E-state index is -0.364. The quantitative estimate of drug-likeness (QED) is 0.535. The highest BCUT2D eigenvalue weighted by molar-refractivity contribution is 7.18. The van der Waals surface area contributed by atoms with Gasteiger partial charge in [0.25, 0.3) is 11.5 Å². The fourth-order valence-electron chi connectivity index (χ4n) is 3.35. The van der Waals surface area contributed by atoms with Crippen LogP contribution in [-0.2, 0) is 24.2 Å². The molecule has 0 saturated heterocycles. The summed E-state index contributed by atoms with van der Waals surface area (Å²) >= 11 is 1.60. The highest BCUT2D eigenvalue weighted by atomic mass is 32.1. The lowest BCUT2D eigenvalue weighted by molar-refractivity contribution is -0.121. The number of aromatic nitrogens is 2. The van der Waals surface area contributed by atoms with Crippen molar-refractivity contribution in [3.8, 4) is 0 Å². The van der Waals surface area contributed by atoms with Crippen LogP contribution >= 0.6 is 11.3 Å². The zero-order valence-corrected chi connectivity index (χ0v) is 16.1. The van der Waals surface area contributed by atoms with Gasteiger partial charge in [0.05, 0.1) is 11.7 Å². The normalized spacial score (nSPS) is 14.0. The molecule has 4 rings (SSSR count). The van der Waals surface area contributed by atoms with Crippen LogP contribution in [0.1, 0.15) is 28.8 Å². The Morgan fingerprint density at radius 1 is 1.25 bits per heavy atom. The molecule has 0 unspecified atom stereocenters. The lowest BCUT2D eigenvalue weighted by atomic mass is 9.97. The maximum Gasteiger partial charge on any atom is 0.262 e. The zero-order chi connectivity index (χ0) is 19.3. The average Bonchev–Trinajstić information content (AvgIpc) is 3.10. The van der Waals surface area contributed by atoms with E-state index in [2.05, 4.69) is 15.5 Å². The average molecular weight is 392 g/mol. The molecule has 0 fully saturated rings. The van der Waals surface area contributed by atoms with Crippen LogP contribution in [0.4, 0.5) is 0 Å². The number of hydrazone groups is 1. The van der Waals surface area contributed by atoms with Gasteiger partial charge >= 0.3 is 0 Å². The fourth-order valence-corrected chi connectivity index (χ4v) is 4.57. The van der Waals surface area contributed by atoms with Crippen LogP contribution in [0.15, 0.2) is 52.6 Å². The summed E-state index contributed by atoms with van der Waals surface area (Å²) in [7, 11) is 0. The molecular weight excluding hydrogens is 372 g/mol. The molecule has 0 bridgehead atoms. The number of amides is 1. The first kappa shape index (κ1) is 18.3. The number of carbonyl (C=O) groups excluding carboxylic acids is 1. The molecule has 0 radical (unpaired) electrons. The monoisotopic (exact) mass is 392 g/mol. The number of fused-ring (bicyclic) bond motifs is 3. The van der Waals surface area contributed by atoms with Gasteiger partial charge in [0.1, 0.15) is 11.4 Å². The Hall–Kier alpha value is -3.06. The van der Waals surface area contributed by atoms with E-state index in [0.29, 0.717) is 5.39 Å². The second-order valence-electron chi connectivity index (χ2n) is 6.65. The predicted molar refractivity (Wildman–Crippen MR) is 113 cm³/mol. The molecule has 1 aliphatic carbocycles. The highest BCUT2D eigenvalue weighted by Gasteiger charge is 2.20. The van der Waals surface area contributed by atoms with E-state index in [1.807, 2.05) is 36.4 Å². The molecule has 1 amide bonds. The van der Waals surface area contributed by atoms with Gasteiger partial charge in [-0.05, 0) is 42.9 Å². The first-order chi connectivity index (χ1) is 13.7. The van der Waals surface area contributed by atoms with Gasteiger partial charge in [0.2, 0.25) is 0 Å². The van der Waals surface area contributed by atoms with E-state index in [0.717, 1.165) is 41.6 Å². The second kappa shape index (κ2) is 8.31. The summed E-state index contributed by atoms with van der Waals surface area (Å²) in [4.78, 5) is 31.4. The third-order valence-corrected chi connectivity index (χ3v) is 5.89. The van der Waals surface area contributed by atoms with Gasteiger partial charge in [-0.1, -0.05) is 36.4 Å². The fraction of sp³-hybridized carbons (Fsp3) is 0.238. The van der Waals surface area contributed by atoms with Gasteiger partial charge in [0, 0.05) is 11.1 Å². The maximum atomic E-state index is 12.8. The first-order valence-electron chi connectivity index (χ1n) is 9.25. The van der Waals surface area contributed by atoms with Crippen molar-refractivity contribution in [2.24, 2.45) is 5.10 Å². The molecule has 7 heteroatoms. The summed E-state index contributed by atoms with van der Waals surface area (Å²) < 4.78 is 1.36. The summed E-state index contributed by atoms with van der Waals surface area (Å²) in [5, 5.41) is 4.57. The van der Waals surface area contributed by atoms with Gasteiger partial charge in [-0.2, -0.15) is 5.10 Å². The van der Waals surface area contributed by atoms with Gasteiger partial charge < -0.3 is 0 Å². The number of aryl methyl sites for hydroxylation is 2. The molecule has 0 saturated carbocycles. The number of hydrogen-bond acceptors (Lipinski definition) is 5. The van der Waals surface area contributed by atoms with E-state index in [1.165, 1.54) is 22.0 Å². The van der Waals surface area contributed by atoms with Crippen molar-refractivity contribution in [1.82, 2.24) is 15.0 Å². The van der Waals surface area contributed by atoms with E-state index in [4.69, 9.17) is 0 Å². The number of thiophene rings is 1. The minimum Gasteiger partial charge on any atom is -0.289 e. The highest BCUT2D eigenvalue weighted by Crippen LogP contribution is 2.33. The van der Waals surface area contributed by atoms with Crippen molar-refractivity contribution < 1.29 is 4.79 Å². The van der Waals surface area contributed by atoms with Gasteiger partial charge in [-0.3, -0.25) is 14.2 Å². The van der Waals surface area contributed by atoms with Crippen LogP contribution < -0.4 is 11.0 Å². The van der Waals surface area contributed by atoms with Crippen LogP contribution in [-0.4, -0.2) is 21.7 Å². The third-order valence-electron chi connectivity index (χ3n) is 4.69. The molecular formula is C21H20N4O2S. The Balaban J connectivity index is 1.42. The van der Waals surface area contributed by atoms with Gasteiger partial charge in [-0.15, -0.1) is 11.3 Å². The Morgan fingerprint density at radius 2 is 2.07 bits per heavy atom. The van der Waals surface area contributed by atoms with Crippen LogP contribution in [0.3, 0.4) is 0 Å². The number of carbonyl (C=O) groups is 1. The van der Waals surface area contributed by atoms with E-state index in [1.54, 1.807) is 17.4 Å². The molecule has 0 spiro atoms. The van der Waals surface area contributed by atoms with E-state index >= 15 is 0 Å². The maximum absolute atomic E-state index is 12.8. The van der Waals surface area contributed by atoms with E-state index < -0.39 is 0 Å². The number of benzene rings is 1. The minimum absolute atomic E-state index is 0.105. The largest absolute Gasteiger partial charge is 0.289 e. The molecule has 0 aliphatic heterocycles. The SMILES string of the molecule is O=C(Cn1cnc2sc3c(c2c1=O)CCCC3)N/N=C\C=C\c1ccccc1. The van der Waals surface area contributed by atoms with Gasteiger partial charge in [0.15, 0.2) is 0 Å². The zero-order valence-electron chi connectivity index (χ0n) is 15.3. The molecule has 6 nitrogen and oxygen atoms in total. The van der Waals surface area contributed by atoms with Crippen molar-refractivity contribution in [2.45, 2.75) is 32.2 Å².